The number of halogens is 5. The van der Waals surface area contributed by atoms with E-state index in [0.717, 1.165) is 0 Å². The quantitative estimate of drug-likeness (QED) is 0.583. The van der Waals surface area contributed by atoms with Crippen molar-refractivity contribution in [1.82, 2.24) is 0 Å². The lowest BCUT2D eigenvalue weighted by Crippen LogP contribution is -2.36. The highest BCUT2D eigenvalue weighted by atomic mass is 19.4. The van der Waals surface area contributed by atoms with Gasteiger partial charge in [0.15, 0.2) is 0 Å². The third kappa shape index (κ3) is 4.24. The molecule has 0 radical (unpaired) electrons. The van der Waals surface area contributed by atoms with Crippen LogP contribution in [0.1, 0.15) is 12.8 Å². The van der Waals surface area contributed by atoms with Crippen molar-refractivity contribution in [2.45, 2.75) is 24.9 Å². The molecular formula is C6H8F5NO2. The van der Waals surface area contributed by atoms with Crippen LogP contribution in [-0.2, 0) is 4.74 Å². The number of primary amides is 1. The molecule has 0 aliphatic carbocycles. The Labute approximate surface area is 76.0 Å². The molecule has 0 fully saturated rings. The van der Waals surface area contributed by atoms with Gasteiger partial charge in [-0.2, -0.15) is 22.0 Å². The Hall–Kier alpha value is -1.08. The number of carbonyl (C=O) groups excluding carboxylic acids is 1. The summed E-state index contributed by atoms with van der Waals surface area (Å²) in [7, 11) is 0. The number of amides is 1. The SMILES string of the molecule is NC(=O)OCCCC(F)(F)C(F)(F)F. The van der Waals surface area contributed by atoms with Gasteiger partial charge in [0.05, 0.1) is 6.61 Å². The topological polar surface area (TPSA) is 52.3 Å². The van der Waals surface area contributed by atoms with Crippen molar-refractivity contribution < 1.29 is 31.5 Å². The van der Waals surface area contributed by atoms with E-state index in [4.69, 9.17) is 0 Å². The van der Waals surface area contributed by atoms with Crippen molar-refractivity contribution in [2.75, 3.05) is 6.61 Å². The lowest BCUT2D eigenvalue weighted by molar-refractivity contribution is -0.284. The molecule has 3 nitrogen and oxygen atoms in total. The van der Waals surface area contributed by atoms with Crippen LogP contribution in [0.25, 0.3) is 0 Å². The number of hydrogen-bond acceptors (Lipinski definition) is 2. The van der Waals surface area contributed by atoms with Crippen molar-refractivity contribution in [1.29, 1.82) is 0 Å². The second kappa shape index (κ2) is 4.43. The van der Waals surface area contributed by atoms with Gasteiger partial charge in [-0.25, -0.2) is 4.79 Å². The molecule has 0 saturated heterocycles. The summed E-state index contributed by atoms with van der Waals surface area (Å²) in [4.78, 5) is 9.91. The monoisotopic (exact) mass is 221 g/mol. The van der Waals surface area contributed by atoms with E-state index >= 15 is 0 Å². The normalized spacial score (nSPS) is 12.6. The van der Waals surface area contributed by atoms with Crippen LogP contribution in [-0.4, -0.2) is 24.8 Å². The molecule has 1 amide bonds. The molecule has 0 unspecified atom stereocenters. The molecule has 0 bridgehead atoms. The Morgan fingerprint density at radius 2 is 1.71 bits per heavy atom. The third-order valence-electron chi connectivity index (χ3n) is 1.29. The van der Waals surface area contributed by atoms with Gasteiger partial charge in [-0.05, 0) is 6.42 Å². The van der Waals surface area contributed by atoms with Crippen LogP contribution in [0.15, 0.2) is 0 Å². The number of ether oxygens (including phenoxy) is 1. The summed E-state index contributed by atoms with van der Waals surface area (Å²) in [5.74, 6) is -4.76. The summed E-state index contributed by atoms with van der Waals surface area (Å²) in [6, 6.07) is 0. The van der Waals surface area contributed by atoms with Crippen LogP contribution in [0, 0.1) is 0 Å². The Morgan fingerprint density at radius 1 is 1.21 bits per heavy atom. The van der Waals surface area contributed by atoms with Gasteiger partial charge in [0.2, 0.25) is 0 Å². The van der Waals surface area contributed by atoms with Crippen LogP contribution in [0.3, 0.4) is 0 Å². The lowest BCUT2D eigenvalue weighted by Gasteiger charge is -2.18. The van der Waals surface area contributed by atoms with Gasteiger partial charge < -0.3 is 10.5 Å². The van der Waals surface area contributed by atoms with E-state index in [1.807, 2.05) is 0 Å². The van der Waals surface area contributed by atoms with Gasteiger partial charge in [-0.1, -0.05) is 0 Å². The molecule has 0 atom stereocenters. The van der Waals surface area contributed by atoms with Crippen LogP contribution in [0.4, 0.5) is 26.7 Å². The Kier molecular flexibility index (Phi) is 4.08. The first kappa shape index (κ1) is 12.9. The van der Waals surface area contributed by atoms with Gasteiger partial charge in [0, 0.05) is 6.42 Å². The molecule has 2 N–H and O–H groups in total. The maximum absolute atomic E-state index is 12.2. The molecule has 0 aromatic heterocycles. The fourth-order valence-corrected chi connectivity index (χ4v) is 0.609. The first-order valence-corrected chi connectivity index (χ1v) is 3.53. The van der Waals surface area contributed by atoms with Crippen molar-refractivity contribution >= 4 is 6.09 Å². The second-order valence-electron chi connectivity index (χ2n) is 2.47. The first-order valence-electron chi connectivity index (χ1n) is 3.53. The zero-order valence-electron chi connectivity index (χ0n) is 6.90. The van der Waals surface area contributed by atoms with Crippen LogP contribution in [0.5, 0.6) is 0 Å². The molecule has 84 valence electrons. The minimum absolute atomic E-state index is 0.555. The van der Waals surface area contributed by atoms with Crippen LogP contribution in [0.2, 0.25) is 0 Å². The highest BCUT2D eigenvalue weighted by molar-refractivity contribution is 5.64. The maximum atomic E-state index is 12.2. The summed E-state index contributed by atoms with van der Waals surface area (Å²) in [6.45, 7) is -0.555. The number of hydrogen-bond donors (Lipinski definition) is 1. The van der Waals surface area contributed by atoms with Crippen molar-refractivity contribution in [3.05, 3.63) is 0 Å². The van der Waals surface area contributed by atoms with Gasteiger partial charge in [0.1, 0.15) is 0 Å². The predicted molar refractivity (Wildman–Crippen MR) is 35.8 cm³/mol. The van der Waals surface area contributed by atoms with Gasteiger partial charge in [-0.3, -0.25) is 0 Å². The van der Waals surface area contributed by atoms with E-state index in [1.165, 1.54) is 0 Å². The third-order valence-corrected chi connectivity index (χ3v) is 1.29. The Balaban J connectivity index is 3.83. The zero-order valence-corrected chi connectivity index (χ0v) is 6.90. The molecule has 0 aliphatic rings. The molecule has 0 aliphatic heterocycles. The first-order chi connectivity index (χ1) is 6.17. The van der Waals surface area contributed by atoms with Crippen LogP contribution < -0.4 is 5.73 Å². The molecule has 0 aromatic carbocycles. The average molecular weight is 221 g/mol. The van der Waals surface area contributed by atoms with Gasteiger partial charge >= 0.3 is 18.2 Å². The van der Waals surface area contributed by atoms with E-state index in [1.54, 1.807) is 0 Å². The molecule has 0 heterocycles. The second-order valence-corrected chi connectivity index (χ2v) is 2.47. The van der Waals surface area contributed by atoms with E-state index in [0.29, 0.717) is 0 Å². The van der Waals surface area contributed by atoms with E-state index in [9.17, 15) is 26.7 Å². The largest absolute Gasteiger partial charge is 0.453 e. The van der Waals surface area contributed by atoms with E-state index < -0.39 is 37.6 Å². The van der Waals surface area contributed by atoms with Crippen molar-refractivity contribution in [2.24, 2.45) is 5.73 Å². The average Bonchev–Trinajstić information content (AvgIpc) is 1.95. The number of rotatable bonds is 4. The molecule has 8 heteroatoms. The maximum Gasteiger partial charge on any atom is 0.453 e. The number of nitrogens with two attached hydrogens (primary N) is 1. The minimum atomic E-state index is -5.57. The zero-order chi connectivity index (χ0) is 11.4. The summed E-state index contributed by atoms with van der Waals surface area (Å²) in [6.07, 6.45) is -8.81. The fraction of sp³-hybridized carbons (Fsp3) is 0.833. The summed E-state index contributed by atoms with van der Waals surface area (Å²) >= 11 is 0. The summed E-state index contributed by atoms with van der Waals surface area (Å²) < 4.78 is 62.9. The summed E-state index contributed by atoms with van der Waals surface area (Å²) in [5, 5.41) is 0. The molecule has 14 heavy (non-hydrogen) atoms. The minimum Gasteiger partial charge on any atom is -0.450 e. The smallest absolute Gasteiger partial charge is 0.450 e. The molecule has 0 aromatic rings. The predicted octanol–water partition coefficient (Wildman–Crippen LogP) is 2.06. The molecular weight excluding hydrogens is 213 g/mol. The lowest BCUT2D eigenvalue weighted by atomic mass is 10.2. The molecule has 0 rings (SSSR count). The number of carbonyl (C=O) groups is 1. The van der Waals surface area contributed by atoms with E-state index in [2.05, 4.69) is 10.5 Å². The van der Waals surface area contributed by atoms with Crippen molar-refractivity contribution in [3.8, 4) is 0 Å². The molecule has 0 spiro atoms. The van der Waals surface area contributed by atoms with Gasteiger partial charge in [0.25, 0.3) is 0 Å². The fourth-order valence-electron chi connectivity index (χ4n) is 0.609. The highest BCUT2D eigenvalue weighted by Gasteiger charge is 2.56. The van der Waals surface area contributed by atoms with Crippen LogP contribution >= 0.6 is 0 Å². The van der Waals surface area contributed by atoms with Gasteiger partial charge in [-0.15, -0.1) is 0 Å². The number of alkyl halides is 5. The molecule has 0 saturated carbocycles. The van der Waals surface area contributed by atoms with E-state index in [-0.39, 0.29) is 0 Å². The summed E-state index contributed by atoms with van der Waals surface area (Å²) in [5.41, 5.74) is 4.46. The Bertz CT molecular complexity index is 203. The highest BCUT2D eigenvalue weighted by Crippen LogP contribution is 2.38. The Morgan fingerprint density at radius 3 is 2.07 bits per heavy atom. The standard InChI is InChI=1S/C6H8F5NO2/c7-5(8,6(9,10)11)2-1-3-14-4(12)13/h1-3H2,(H2,12,13). The van der Waals surface area contributed by atoms with Crippen molar-refractivity contribution in [3.63, 3.8) is 0 Å².